The van der Waals surface area contributed by atoms with Gasteiger partial charge in [-0.1, -0.05) is 17.3 Å². The summed E-state index contributed by atoms with van der Waals surface area (Å²) in [7, 11) is 3.77. The average Bonchev–Trinajstić information content (AvgIpc) is 3.13. The van der Waals surface area contributed by atoms with Crippen LogP contribution in [0.1, 0.15) is 16.8 Å². The molecule has 2 aromatic heterocycles. The molecule has 0 aliphatic rings. The van der Waals surface area contributed by atoms with Crippen LogP contribution in [0.5, 0.6) is 0 Å². The van der Waals surface area contributed by atoms with Gasteiger partial charge >= 0.3 is 5.82 Å². The minimum absolute atomic E-state index is 0.167. The smallest absolute Gasteiger partial charge is 0.304 e. The second-order valence-corrected chi connectivity index (χ2v) is 6.03. The van der Waals surface area contributed by atoms with Gasteiger partial charge in [-0.3, -0.25) is 0 Å². The SMILES string of the molecule is CN(C)c1cc[nH+]c(-n2cccc2/C=N\OCc2cccc(F)c2)c1C#N. The minimum Gasteiger partial charge on any atom is -0.391 e. The Morgan fingerprint density at radius 2 is 2.15 bits per heavy atom. The molecule has 7 heteroatoms. The molecule has 2 heterocycles. The Bertz CT molecular complexity index is 1000. The van der Waals surface area contributed by atoms with Crippen molar-refractivity contribution in [3.63, 3.8) is 0 Å². The Balaban J connectivity index is 1.81. The molecule has 3 aromatic rings. The van der Waals surface area contributed by atoms with E-state index in [0.717, 1.165) is 11.4 Å². The molecule has 0 aliphatic carbocycles. The van der Waals surface area contributed by atoms with Crippen LogP contribution in [0, 0.1) is 17.1 Å². The van der Waals surface area contributed by atoms with E-state index < -0.39 is 0 Å². The minimum atomic E-state index is -0.311. The molecule has 0 bridgehead atoms. The van der Waals surface area contributed by atoms with E-state index in [4.69, 9.17) is 4.84 Å². The third-order valence-electron chi connectivity index (χ3n) is 3.95. The van der Waals surface area contributed by atoms with Gasteiger partial charge in [0, 0.05) is 20.2 Å². The van der Waals surface area contributed by atoms with Crippen molar-refractivity contribution < 1.29 is 14.2 Å². The standard InChI is InChI=1S/C20H18FN5O/c1-25(2)19-8-9-23-20(18(19)12-22)26-10-4-7-17(26)13-24-27-14-15-5-3-6-16(21)11-15/h3-11,13H,14H2,1-2H3/p+1/b24-13-. The molecule has 3 rings (SSSR count). The van der Waals surface area contributed by atoms with Gasteiger partial charge in [-0.15, -0.1) is 0 Å². The van der Waals surface area contributed by atoms with Crippen LogP contribution in [0.25, 0.3) is 5.82 Å². The quantitative estimate of drug-likeness (QED) is 0.499. The summed E-state index contributed by atoms with van der Waals surface area (Å²) in [5, 5.41) is 13.6. The topological polar surface area (TPSA) is 67.7 Å². The number of hydrogen-bond acceptors (Lipinski definition) is 4. The van der Waals surface area contributed by atoms with Gasteiger partial charge in [0.15, 0.2) is 11.3 Å². The Labute approximate surface area is 156 Å². The Morgan fingerprint density at radius 1 is 1.30 bits per heavy atom. The lowest BCUT2D eigenvalue weighted by Gasteiger charge is -2.13. The van der Waals surface area contributed by atoms with Gasteiger partial charge in [-0.25, -0.2) is 9.37 Å². The molecule has 6 nitrogen and oxygen atoms in total. The highest BCUT2D eigenvalue weighted by atomic mass is 19.1. The van der Waals surface area contributed by atoms with Crippen LogP contribution in [0.2, 0.25) is 0 Å². The molecule has 0 unspecified atom stereocenters. The first kappa shape index (κ1) is 18.1. The van der Waals surface area contributed by atoms with Gasteiger partial charge in [0.1, 0.15) is 24.7 Å². The maximum atomic E-state index is 13.2. The monoisotopic (exact) mass is 364 g/mol. The van der Waals surface area contributed by atoms with Gasteiger partial charge in [0.05, 0.1) is 18.1 Å². The fourth-order valence-corrected chi connectivity index (χ4v) is 2.68. The third kappa shape index (κ3) is 4.12. The number of anilines is 1. The number of aromatic amines is 1. The summed E-state index contributed by atoms with van der Waals surface area (Å²) in [5.74, 6) is 0.328. The van der Waals surface area contributed by atoms with Gasteiger partial charge < -0.3 is 9.74 Å². The summed E-state index contributed by atoms with van der Waals surface area (Å²) in [6.45, 7) is 0.167. The number of halogens is 1. The number of pyridine rings is 1. The number of rotatable bonds is 6. The zero-order valence-electron chi connectivity index (χ0n) is 15.1. The summed E-state index contributed by atoms with van der Waals surface area (Å²) in [6, 6.07) is 14.0. The summed E-state index contributed by atoms with van der Waals surface area (Å²) < 4.78 is 15.0. The van der Waals surface area contributed by atoms with Crippen LogP contribution in [0.15, 0.2) is 60.0 Å². The second-order valence-electron chi connectivity index (χ2n) is 6.03. The van der Waals surface area contributed by atoms with E-state index in [-0.39, 0.29) is 12.4 Å². The Kier molecular flexibility index (Phi) is 5.47. The number of nitrogens with one attached hydrogen (secondary N) is 1. The molecule has 0 atom stereocenters. The van der Waals surface area contributed by atoms with E-state index in [0.29, 0.717) is 16.9 Å². The summed E-state index contributed by atoms with van der Waals surface area (Å²) in [6.07, 6.45) is 5.17. The molecule has 0 fully saturated rings. The van der Waals surface area contributed by atoms with Crippen LogP contribution in [-0.2, 0) is 11.4 Å². The number of H-pyrrole nitrogens is 1. The highest BCUT2D eigenvalue weighted by Gasteiger charge is 2.20. The Morgan fingerprint density at radius 3 is 2.89 bits per heavy atom. The Hall–Kier alpha value is -3.66. The van der Waals surface area contributed by atoms with E-state index in [9.17, 15) is 9.65 Å². The molecular formula is C20H19FN5O+. The van der Waals surface area contributed by atoms with Crippen molar-refractivity contribution in [2.75, 3.05) is 19.0 Å². The number of aromatic nitrogens is 2. The summed E-state index contributed by atoms with van der Waals surface area (Å²) in [4.78, 5) is 10.3. The van der Waals surface area contributed by atoms with Crippen molar-refractivity contribution in [3.05, 3.63) is 77.5 Å². The molecular weight excluding hydrogens is 345 g/mol. The lowest BCUT2D eigenvalue weighted by molar-refractivity contribution is -0.373. The van der Waals surface area contributed by atoms with Crippen molar-refractivity contribution in [2.24, 2.45) is 5.16 Å². The van der Waals surface area contributed by atoms with Gasteiger partial charge in [-0.05, 0) is 29.8 Å². The molecule has 136 valence electrons. The third-order valence-corrected chi connectivity index (χ3v) is 3.95. The maximum Gasteiger partial charge on any atom is 0.304 e. The lowest BCUT2D eigenvalue weighted by Crippen LogP contribution is -2.20. The molecule has 0 spiro atoms. The molecule has 0 radical (unpaired) electrons. The average molecular weight is 364 g/mol. The zero-order valence-corrected chi connectivity index (χ0v) is 15.1. The van der Waals surface area contributed by atoms with E-state index >= 15 is 0 Å². The van der Waals surface area contributed by atoms with E-state index in [1.54, 1.807) is 24.5 Å². The van der Waals surface area contributed by atoms with Crippen molar-refractivity contribution in [2.45, 2.75) is 6.61 Å². The van der Waals surface area contributed by atoms with Crippen LogP contribution in [0.4, 0.5) is 10.1 Å². The number of oxime groups is 1. The molecule has 0 aliphatic heterocycles. The highest BCUT2D eigenvalue weighted by molar-refractivity contribution is 5.78. The largest absolute Gasteiger partial charge is 0.391 e. The summed E-state index contributed by atoms with van der Waals surface area (Å²) in [5.41, 5.74) is 2.76. The van der Waals surface area contributed by atoms with Gasteiger partial charge in [0.25, 0.3) is 0 Å². The second kappa shape index (κ2) is 8.15. The molecule has 0 saturated heterocycles. The van der Waals surface area contributed by atoms with Crippen molar-refractivity contribution >= 4 is 11.9 Å². The first-order chi connectivity index (χ1) is 13.1. The fourth-order valence-electron chi connectivity index (χ4n) is 2.68. The molecule has 1 N–H and O–H groups in total. The normalized spacial score (nSPS) is 10.7. The summed E-state index contributed by atoms with van der Waals surface area (Å²) >= 11 is 0. The number of benzene rings is 1. The molecule has 0 saturated carbocycles. The van der Waals surface area contributed by atoms with Gasteiger partial charge in [0.2, 0.25) is 0 Å². The first-order valence-corrected chi connectivity index (χ1v) is 8.30. The number of nitrogens with zero attached hydrogens (tertiary/aromatic N) is 4. The number of nitriles is 1. The molecule has 1 aromatic carbocycles. The molecule has 27 heavy (non-hydrogen) atoms. The zero-order chi connectivity index (χ0) is 19.2. The highest BCUT2D eigenvalue weighted by Crippen LogP contribution is 2.21. The molecule has 0 amide bonds. The van der Waals surface area contributed by atoms with E-state index in [1.807, 2.05) is 48.0 Å². The predicted molar refractivity (Wildman–Crippen MR) is 100 cm³/mol. The van der Waals surface area contributed by atoms with E-state index in [2.05, 4.69) is 16.2 Å². The van der Waals surface area contributed by atoms with Crippen molar-refractivity contribution in [1.29, 1.82) is 5.26 Å². The fraction of sp³-hybridized carbons (Fsp3) is 0.150. The van der Waals surface area contributed by atoms with Crippen molar-refractivity contribution in [1.82, 2.24) is 4.57 Å². The first-order valence-electron chi connectivity index (χ1n) is 8.30. The van der Waals surface area contributed by atoms with E-state index in [1.165, 1.54) is 12.1 Å². The van der Waals surface area contributed by atoms with Crippen LogP contribution in [0.3, 0.4) is 0 Å². The van der Waals surface area contributed by atoms with Crippen molar-refractivity contribution in [3.8, 4) is 11.9 Å². The maximum absolute atomic E-state index is 13.2. The van der Waals surface area contributed by atoms with Crippen LogP contribution >= 0.6 is 0 Å². The number of hydrogen-bond donors (Lipinski definition) is 0. The van der Waals surface area contributed by atoms with Crippen LogP contribution < -0.4 is 9.88 Å². The predicted octanol–water partition coefficient (Wildman–Crippen LogP) is 2.92. The van der Waals surface area contributed by atoms with Gasteiger partial charge in [-0.2, -0.15) is 9.83 Å². The van der Waals surface area contributed by atoms with Crippen LogP contribution in [-0.4, -0.2) is 24.9 Å². The lowest BCUT2D eigenvalue weighted by atomic mass is 10.2.